The maximum atomic E-state index is 11.9. The first-order valence-electron chi connectivity index (χ1n) is 19.3. The van der Waals surface area contributed by atoms with E-state index in [0.29, 0.717) is 37.9 Å². The molecule has 0 amide bonds. The first-order valence-corrected chi connectivity index (χ1v) is 11.5. The Morgan fingerprint density at radius 3 is 2.20 bits per heavy atom. The van der Waals surface area contributed by atoms with Gasteiger partial charge < -0.3 is 10.0 Å². The van der Waals surface area contributed by atoms with Crippen LogP contribution in [-0.4, -0.2) is 29.5 Å². The van der Waals surface area contributed by atoms with Crippen molar-refractivity contribution in [1.29, 1.82) is 0 Å². The molecule has 0 aromatic heterocycles. The summed E-state index contributed by atoms with van der Waals surface area (Å²) in [6.45, 7) is -17.8. The number of aliphatic hydroxyl groups is 1. The predicted octanol–water partition coefficient (Wildman–Crippen LogP) is 9.15. The lowest BCUT2D eigenvalue weighted by Crippen LogP contribution is -2.31. The maximum Gasteiger partial charge on any atom is 0.0923 e. The second kappa shape index (κ2) is 12.0. The van der Waals surface area contributed by atoms with Crippen molar-refractivity contribution < 1.29 is 29.8 Å². The summed E-state index contributed by atoms with van der Waals surface area (Å²) in [5, 5.41) is 12.7. The lowest BCUT2D eigenvalue weighted by Gasteiger charge is -2.26. The highest BCUT2D eigenvalue weighted by atomic mass is 35.5. The fourth-order valence-electron chi connectivity index (χ4n) is 3.97. The second-order valence-corrected chi connectivity index (χ2v) is 8.88. The summed E-state index contributed by atoms with van der Waals surface area (Å²) in [5.74, 6) is 0. The van der Waals surface area contributed by atoms with Crippen LogP contribution in [0.3, 0.4) is 0 Å². The minimum Gasteiger partial charge on any atom is -0.387 e. The Balaban J connectivity index is 2.00. The molecule has 2 nitrogen and oxygen atoms in total. The summed E-state index contributed by atoms with van der Waals surface area (Å²) in [6.07, 6.45) is -17.2. The Kier molecular flexibility index (Phi) is 4.00. The van der Waals surface area contributed by atoms with Crippen LogP contribution >= 0.6 is 34.8 Å². The lowest BCUT2D eigenvalue weighted by atomic mass is 9.94. The van der Waals surface area contributed by atoms with Gasteiger partial charge in [-0.3, -0.25) is 0 Å². The normalized spacial score (nSPS) is 25.2. The number of rotatable bonds is 10. The highest BCUT2D eigenvalue weighted by Gasteiger charge is 2.29. The molecule has 35 heavy (non-hydrogen) atoms. The molecule has 0 saturated heterocycles. The minimum absolute atomic E-state index is 0.0144. The van der Waals surface area contributed by atoms with E-state index in [9.17, 15) is 5.11 Å². The molecule has 1 N–H and O–H groups in total. The Bertz CT molecular complexity index is 1860. The van der Waals surface area contributed by atoms with Crippen molar-refractivity contribution in [2.24, 2.45) is 0 Å². The summed E-state index contributed by atoms with van der Waals surface area (Å²) in [6, 6.07) is 14.2. The highest BCUT2D eigenvalue weighted by Crippen LogP contribution is 2.50. The zero-order valence-corrected chi connectivity index (χ0v) is 20.4. The van der Waals surface area contributed by atoms with Crippen LogP contribution in [0.15, 0.2) is 54.6 Å². The molecule has 1 aliphatic rings. The molecular formula is C30H32Cl3NO. The van der Waals surface area contributed by atoms with E-state index in [1.807, 2.05) is 0 Å². The molecule has 0 radical (unpaired) electrons. The number of hydrogen-bond donors (Lipinski definition) is 1. The predicted molar refractivity (Wildman–Crippen MR) is 152 cm³/mol. The van der Waals surface area contributed by atoms with E-state index in [-0.39, 0.29) is 16.1 Å². The Morgan fingerprint density at radius 1 is 0.857 bits per heavy atom. The van der Waals surface area contributed by atoms with Crippen molar-refractivity contribution in [3.8, 4) is 11.1 Å². The highest BCUT2D eigenvalue weighted by molar-refractivity contribution is 6.32. The summed E-state index contributed by atoms with van der Waals surface area (Å²) in [5.41, 5.74) is 2.65. The first kappa shape index (κ1) is 11.7. The largest absolute Gasteiger partial charge is 0.387 e. The smallest absolute Gasteiger partial charge is 0.0923 e. The fourth-order valence-corrected chi connectivity index (χ4v) is 4.49. The van der Waals surface area contributed by atoms with Gasteiger partial charge in [0.2, 0.25) is 0 Å². The molecular weight excluding hydrogens is 497 g/mol. The third kappa shape index (κ3) is 6.13. The topological polar surface area (TPSA) is 23.5 Å². The molecule has 0 aliphatic heterocycles. The van der Waals surface area contributed by atoms with Crippen LogP contribution in [0.25, 0.3) is 22.8 Å². The first-order chi connectivity index (χ1) is 23.8. The van der Waals surface area contributed by atoms with Gasteiger partial charge in [0.05, 0.1) is 6.10 Å². The maximum absolute atomic E-state index is 11.9. The molecule has 184 valence electrons. The average Bonchev–Trinajstić information content (AvgIpc) is 3.30. The van der Waals surface area contributed by atoms with Crippen LogP contribution in [0.2, 0.25) is 15.1 Å². The van der Waals surface area contributed by atoms with E-state index in [0.717, 1.165) is 0 Å². The monoisotopic (exact) mass is 545 g/mol. The van der Waals surface area contributed by atoms with Crippen LogP contribution < -0.4 is 0 Å². The molecule has 3 aromatic rings. The SMILES string of the molecule is [2H]C([2H])([2H])C([2H])([2H])C([2H])([2H])C([2H])([2H])N(CC(O)c1cc(Cl)cc2c1-c1ccc(Cl)cc1C2=Cc1ccc(Cl)cc1)C([2H])([2H])C([2H])([2H])C([2H])([2H])C([2H])([2H])[2H]. The van der Waals surface area contributed by atoms with Crippen molar-refractivity contribution >= 4 is 46.5 Å². The van der Waals surface area contributed by atoms with Crippen LogP contribution in [-0.2, 0) is 0 Å². The van der Waals surface area contributed by atoms with Gasteiger partial charge in [0.1, 0.15) is 0 Å². The molecule has 0 spiro atoms. The fraction of sp³-hybridized carbons (Fsp3) is 0.333. The zero-order valence-electron chi connectivity index (χ0n) is 36.1. The Labute approximate surface area is 249 Å². The van der Waals surface area contributed by atoms with E-state index in [1.165, 1.54) is 18.2 Å². The van der Waals surface area contributed by atoms with E-state index >= 15 is 0 Å². The number of halogens is 3. The van der Waals surface area contributed by atoms with Gasteiger partial charge in [0.15, 0.2) is 0 Å². The summed E-state index contributed by atoms with van der Waals surface area (Å²) >= 11 is 18.9. The van der Waals surface area contributed by atoms with Crippen molar-refractivity contribution in [3.05, 3.63) is 91.9 Å². The number of fused-ring (bicyclic) bond motifs is 3. The Hall–Kier alpha value is -1.81. The molecule has 0 fully saturated rings. The minimum atomic E-state index is -4.27. The number of aliphatic hydroxyl groups excluding tert-OH is 1. The third-order valence-corrected chi connectivity index (χ3v) is 6.07. The van der Waals surface area contributed by atoms with Gasteiger partial charge in [0, 0.05) is 46.3 Å². The number of benzene rings is 3. The van der Waals surface area contributed by atoms with Crippen LogP contribution in [0.4, 0.5) is 0 Å². The molecule has 3 aromatic carbocycles. The summed E-state index contributed by atoms with van der Waals surface area (Å²) in [7, 11) is 0. The van der Waals surface area contributed by atoms with Crippen molar-refractivity contribution in [1.82, 2.24) is 4.90 Å². The summed E-state index contributed by atoms with van der Waals surface area (Å²) in [4.78, 5) is -0.409. The van der Waals surface area contributed by atoms with Crippen LogP contribution in [0.5, 0.6) is 0 Å². The van der Waals surface area contributed by atoms with Gasteiger partial charge in [-0.2, -0.15) is 0 Å². The third-order valence-electron chi connectivity index (χ3n) is 5.37. The van der Waals surface area contributed by atoms with Gasteiger partial charge in [-0.1, -0.05) is 79.5 Å². The zero-order chi connectivity index (χ0) is 40.7. The standard InChI is InChI=1S/C30H32Cl3NO/c1-3-5-13-34(14-6-4-2)19-29(35)28-18-23(33)17-27-25(15-20-7-9-21(31)10-8-20)26-16-22(32)11-12-24(26)30(27)28/h7-12,15-18,29,35H,3-6,13-14,19H2,1-2H3/i1D3,2D3,3D2,4D2,5D2,6D2,13D2,14D2. The molecule has 1 unspecified atom stereocenters. The van der Waals surface area contributed by atoms with Gasteiger partial charge >= 0.3 is 0 Å². The quantitative estimate of drug-likeness (QED) is 0.214. The van der Waals surface area contributed by atoms with E-state index < -0.39 is 69.7 Å². The van der Waals surface area contributed by atoms with Gasteiger partial charge in [0.25, 0.3) is 0 Å². The lowest BCUT2D eigenvalue weighted by molar-refractivity contribution is 0.111. The number of hydrogen-bond acceptors (Lipinski definition) is 2. The molecule has 4 rings (SSSR count). The van der Waals surface area contributed by atoms with E-state index in [2.05, 4.69) is 0 Å². The second-order valence-electron chi connectivity index (χ2n) is 7.57. The van der Waals surface area contributed by atoms with E-state index in [4.69, 9.17) is 59.5 Å². The van der Waals surface area contributed by atoms with E-state index in [1.54, 1.807) is 42.5 Å². The molecule has 0 saturated carbocycles. The van der Waals surface area contributed by atoms with Crippen molar-refractivity contribution in [2.45, 2.75) is 45.3 Å². The van der Waals surface area contributed by atoms with Crippen molar-refractivity contribution in [3.63, 3.8) is 0 Å². The Morgan fingerprint density at radius 2 is 1.51 bits per heavy atom. The molecule has 0 bridgehead atoms. The average molecular weight is 547 g/mol. The summed E-state index contributed by atoms with van der Waals surface area (Å²) < 4.78 is 147. The van der Waals surface area contributed by atoms with Gasteiger partial charge in [-0.15, -0.1) is 0 Å². The van der Waals surface area contributed by atoms with Crippen LogP contribution in [0.1, 0.15) is 92.2 Å². The molecule has 1 aliphatic carbocycles. The van der Waals surface area contributed by atoms with Gasteiger partial charge in [-0.05, 0) is 107 Å². The molecule has 0 heterocycles. The van der Waals surface area contributed by atoms with Crippen LogP contribution in [0, 0.1) is 0 Å². The molecule has 5 heteroatoms. The van der Waals surface area contributed by atoms with Gasteiger partial charge in [-0.25, -0.2) is 0 Å². The number of nitrogens with zero attached hydrogens (tertiary/aromatic N) is 1. The molecule has 1 atom stereocenters. The van der Waals surface area contributed by atoms with Crippen molar-refractivity contribution in [2.75, 3.05) is 19.5 Å².